The van der Waals surface area contributed by atoms with Gasteiger partial charge in [0.2, 0.25) is 0 Å². The standard InChI is InChI=1S/C25H32N4O2S2/c1-4-13-27(14-5-2)22-19(23(30)28-16-17(3)11-12-21(28)26-22)15-20-24(31)29(25(32)33-20)18-9-7-6-8-10-18/h11-12,15-16,18H,4-10,13-14H2,1-3H3. The van der Waals surface area contributed by atoms with Gasteiger partial charge in [-0.1, -0.05) is 63.2 Å². The third-order valence-corrected chi connectivity index (χ3v) is 7.64. The number of hydrogen-bond acceptors (Lipinski definition) is 6. The fraction of sp³-hybridized carbons (Fsp3) is 0.520. The molecule has 1 aliphatic carbocycles. The Morgan fingerprint density at radius 3 is 2.52 bits per heavy atom. The predicted molar refractivity (Wildman–Crippen MR) is 141 cm³/mol. The number of rotatable bonds is 7. The van der Waals surface area contributed by atoms with Crippen LogP contribution in [0.2, 0.25) is 0 Å². The number of amides is 1. The van der Waals surface area contributed by atoms with Crippen LogP contribution >= 0.6 is 24.0 Å². The minimum Gasteiger partial charge on any atom is -0.356 e. The van der Waals surface area contributed by atoms with Crippen molar-refractivity contribution in [2.45, 2.75) is 71.8 Å². The number of aryl methyl sites for hydroxylation is 1. The number of aromatic nitrogens is 2. The van der Waals surface area contributed by atoms with Gasteiger partial charge in [0.15, 0.2) is 0 Å². The van der Waals surface area contributed by atoms with E-state index in [1.807, 2.05) is 25.3 Å². The highest BCUT2D eigenvalue weighted by Crippen LogP contribution is 2.37. The van der Waals surface area contributed by atoms with Crippen LogP contribution in [0.15, 0.2) is 28.0 Å². The van der Waals surface area contributed by atoms with E-state index in [0.29, 0.717) is 26.3 Å². The van der Waals surface area contributed by atoms with E-state index < -0.39 is 0 Å². The number of pyridine rings is 1. The third kappa shape index (κ3) is 4.87. The summed E-state index contributed by atoms with van der Waals surface area (Å²) in [6.45, 7) is 7.79. The molecule has 0 aromatic carbocycles. The lowest BCUT2D eigenvalue weighted by Crippen LogP contribution is -2.39. The molecule has 8 heteroatoms. The molecular formula is C25H32N4O2S2. The molecule has 0 N–H and O–H groups in total. The normalized spacial score (nSPS) is 18.6. The van der Waals surface area contributed by atoms with Crippen LogP contribution in [0.25, 0.3) is 11.7 Å². The molecular weight excluding hydrogens is 452 g/mol. The summed E-state index contributed by atoms with van der Waals surface area (Å²) in [6, 6.07) is 4.01. The smallest absolute Gasteiger partial charge is 0.267 e. The number of nitrogens with zero attached hydrogens (tertiary/aromatic N) is 4. The molecule has 1 amide bonds. The summed E-state index contributed by atoms with van der Waals surface area (Å²) in [7, 11) is 0. The first-order chi connectivity index (χ1) is 15.9. The zero-order valence-corrected chi connectivity index (χ0v) is 21.3. The largest absolute Gasteiger partial charge is 0.356 e. The molecule has 1 aliphatic heterocycles. The Bertz CT molecular complexity index is 1150. The van der Waals surface area contributed by atoms with E-state index in [9.17, 15) is 9.59 Å². The van der Waals surface area contributed by atoms with E-state index in [1.165, 1.54) is 18.2 Å². The summed E-state index contributed by atoms with van der Waals surface area (Å²) in [6.07, 6.45) is 10.9. The third-order valence-electron chi connectivity index (χ3n) is 6.31. The molecule has 1 saturated carbocycles. The molecule has 33 heavy (non-hydrogen) atoms. The summed E-state index contributed by atoms with van der Waals surface area (Å²) >= 11 is 6.91. The number of thiocarbonyl (C=S) groups is 1. The molecule has 3 heterocycles. The van der Waals surface area contributed by atoms with Crippen LogP contribution in [0.4, 0.5) is 5.82 Å². The molecule has 0 bridgehead atoms. The van der Waals surface area contributed by atoms with Crippen molar-refractivity contribution in [2.75, 3.05) is 18.0 Å². The monoisotopic (exact) mass is 484 g/mol. The average molecular weight is 485 g/mol. The summed E-state index contributed by atoms with van der Waals surface area (Å²) in [4.78, 5) is 36.4. The lowest BCUT2D eigenvalue weighted by Gasteiger charge is -2.29. The minimum atomic E-state index is -0.154. The molecule has 2 fully saturated rings. The van der Waals surface area contributed by atoms with Crippen molar-refractivity contribution in [1.82, 2.24) is 14.3 Å². The molecule has 2 aromatic rings. The number of fused-ring (bicyclic) bond motifs is 1. The van der Waals surface area contributed by atoms with Gasteiger partial charge < -0.3 is 4.90 Å². The SMILES string of the molecule is CCCN(CCC)c1nc2ccc(C)cn2c(=O)c1C=C1SC(=S)N(C2CCCCC2)C1=O. The van der Waals surface area contributed by atoms with E-state index in [1.54, 1.807) is 15.4 Å². The second-order valence-electron chi connectivity index (χ2n) is 8.92. The van der Waals surface area contributed by atoms with Gasteiger partial charge in [0.25, 0.3) is 11.5 Å². The predicted octanol–water partition coefficient (Wildman–Crippen LogP) is 5.16. The van der Waals surface area contributed by atoms with Crippen molar-refractivity contribution in [3.63, 3.8) is 0 Å². The van der Waals surface area contributed by atoms with Gasteiger partial charge in [-0.15, -0.1) is 0 Å². The maximum absolute atomic E-state index is 13.7. The van der Waals surface area contributed by atoms with Crippen LogP contribution in [0.1, 0.15) is 69.9 Å². The second-order valence-corrected chi connectivity index (χ2v) is 10.6. The molecule has 4 rings (SSSR count). The summed E-state index contributed by atoms with van der Waals surface area (Å²) in [5, 5.41) is 0. The van der Waals surface area contributed by atoms with E-state index in [2.05, 4.69) is 18.7 Å². The number of carbonyl (C=O) groups excluding carboxylic acids is 1. The van der Waals surface area contributed by atoms with Crippen molar-refractivity contribution >= 4 is 51.7 Å². The number of carbonyl (C=O) groups is 1. The van der Waals surface area contributed by atoms with Gasteiger partial charge in [0, 0.05) is 25.3 Å². The molecule has 6 nitrogen and oxygen atoms in total. The number of thioether (sulfide) groups is 1. The Kier molecular flexibility index (Phi) is 7.54. The first-order valence-corrected chi connectivity index (χ1v) is 13.2. The molecule has 2 aromatic heterocycles. The summed E-state index contributed by atoms with van der Waals surface area (Å²) < 4.78 is 2.19. The summed E-state index contributed by atoms with van der Waals surface area (Å²) in [5.41, 5.74) is 1.90. The van der Waals surface area contributed by atoms with Crippen LogP contribution in [0.3, 0.4) is 0 Å². The van der Waals surface area contributed by atoms with Gasteiger partial charge in [-0.05, 0) is 50.3 Å². The van der Waals surface area contributed by atoms with Gasteiger partial charge in [-0.2, -0.15) is 0 Å². The topological polar surface area (TPSA) is 57.9 Å². The van der Waals surface area contributed by atoms with E-state index in [-0.39, 0.29) is 17.5 Å². The number of hydrogen-bond donors (Lipinski definition) is 0. The van der Waals surface area contributed by atoms with Gasteiger partial charge in [-0.3, -0.25) is 18.9 Å². The van der Waals surface area contributed by atoms with Gasteiger partial charge in [0.05, 0.1) is 10.5 Å². The maximum Gasteiger partial charge on any atom is 0.267 e. The lowest BCUT2D eigenvalue weighted by molar-refractivity contribution is -0.124. The fourth-order valence-electron chi connectivity index (χ4n) is 4.74. The van der Waals surface area contributed by atoms with Crippen LogP contribution in [0, 0.1) is 6.92 Å². The van der Waals surface area contributed by atoms with E-state index >= 15 is 0 Å². The zero-order valence-electron chi connectivity index (χ0n) is 19.7. The highest BCUT2D eigenvalue weighted by atomic mass is 32.2. The molecule has 2 aliphatic rings. The zero-order chi connectivity index (χ0) is 23.5. The Morgan fingerprint density at radius 2 is 1.85 bits per heavy atom. The first kappa shape index (κ1) is 24.0. The highest BCUT2D eigenvalue weighted by Gasteiger charge is 2.38. The van der Waals surface area contributed by atoms with Gasteiger partial charge in [-0.25, -0.2) is 4.98 Å². The average Bonchev–Trinajstić information content (AvgIpc) is 3.09. The number of anilines is 1. The van der Waals surface area contributed by atoms with Crippen LogP contribution in [0.5, 0.6) is 0 Å². The van der Waals surface area contributed by atoms with Crippen molar-refractivity contribution in [3.05, 3.63) is 44.7 Å². The van der Waals surface area contributed by atoms with Crippen molar-refractivity contribution < 1.29 is 4.79 Å². The molecule has 0 radical (unpaired) electrons. The molecule has 0 atom stereocenters. The Labute approximate surface area is 205 Å². The quantitative estimate of drug-likeness (QED) is 0.400. The van der Waals surface area contributed by atoms with E-state index in [0.717, 1.165) is 57.2 Å². The van der Waals surface area contributed by atoms with Crippen LogP contribution in [-0.4, -0.2) is 43.6 Å². The molecule has 0 unspecified atom stereocenters. The van der Waals surface area contributed by atoms with Crippen LogP contribution in [-0.2, 0) is 4.79 Å². The fourth-order valence-corrected chi connectivity index (χ4v) is 6.12. The van der Waals surface area contributed by atoms with Gasteiger partial charge >= 0.3 is 0 Å². The van der Waals surface area contributed by atoms with Crippen molar-refractivity contribution in [3.8, 4) is 0 Å². The van der Waals surface area contributed by atoms with Crippen molar-refractivity contribution in [1.29, 1.82) is 0 Å². The van der Waals surface area contributed by atoms with Crippen LogP contribution < -0.4 is 10.5 Å². The minimum absolute atomic E-state index is 0.0749. The second kappa shape index (κ2) is 10.4. The van der Waals surface area contributed by atoms with Crippen molar-refractivity contribution in [2.24, 2.45) is 0 Å². The molecule has 176 valence electrons. The maximum atomic E-state index is 13.7. The Balaban J connectivity index is 1.83. The Hall–Kier alpha value is -2.19. The summed E-state index contributed by atoms with van der Waals surface area (Å²) in [5.74, 6) is 0.574. The van der Waals surface area contributed by atoms with Gasteiger partial charge in [0.1, 0.15) is 15.8 Å². The van der Waals surface area contributed by atoms with E-state index in [4.69, 9.17) is 17.2 Å². The lowest BCUT2D eigenvalue weighted by atomic mass is 9.94. The molecule has 1 saturated heterocycles. The molecule has 0 spiro atoms. The highest BCUT2D eigenvalue weighted by molar-refractivity contribution is 8.26. The first-order valence-electron chi connectivity index (χ1n) is 12.0. The Morgan fingerprint density at radius 1 is 1.15 bits per heavy atom.